The molecule has 0 N–H and O–H groups in total. The molecule has 2 amide bonds. The Morgan fingerprint density at radius 2 is 1.86 bits per heavy atom. The monoisotopic (exact) mass is 313 g/mol. The van der Waals surface area contributed by atoms with Crippen LogP contribution in [0.25, 0.3) is 0 Å². The maximum Gasteiger partial charge on any atom is 0.413 e. The number of carbonyl (C=O) groups is 2. The summed E-state index contributed by atoms with van der Waals surface area (Å²) in [6.45, 7) is 10.5. The van der Waals surface area contributed by atoms with E-state index in [1.54, 1.807) is 60.5 Å². The highest BCUT2D eigenvalue weighted by atomic mass is 16.6. The largest absolute Gasteiger partial charge is 0.444 e. The van der Waals surface area contributed by atoms with Gasteiger partial charge in [-0.25, -0.2) is 9.79 Å². The summed E-state index contributed by atoms with van der Waals surface area (Å²) >= 11 is 0. The van der Waals surface area contributed by atoms with E-state index in [0.717, 1.165) is 0 Å². The average molecular weight is 313 g/mol. The van der Waals surface area contributed by atoms with Crippen LogP contribution in [0.3, 0.4) is 0 Å². The van der Waals surface area contributed by atoms with Crippen molar-refractivity contribution in [3.8, 4) is 0 Å². The third kappa shape index (κ3) is 4.43. The second-order valence-corrected chi connectivity index (χ2v) is 7.11. The Hall–Kier alpha value is -1.63. The zero-order chi connectivity index (χ0) is 17.3. The highest BCUT2D eigenvalue weighted by Crippen LogP contribution is 2.34. The number of aliphatic imine (C=N–C) groups is 1. The molecule has 0 saturated carbocycles. The van der Waals surface area contributed by atoms with Gasteiger partial charge in [-0.2, -0.15) is 0 Å². The second kappa shape index (κ2) is 6.24. The molecule has 0 spiro atoms. The number of rotatable bonds is 2. The fourth-order valence-corrected chi connectivity index (χ4v) is 2.33. The van der Waals surface area contributed by atoms with Crippen LogP contribution >= 0.6 is 0 Å². The van der Waals surface area contributed by atoms with Crippen molar-refractivity contribution < 1.29 is 19.1 Å². The predicted molar refractivity (Wildman–Crippen MR) is 83.7 cm³/mol. The Kier molecular flexibility index (Phi) is 5.22. The molecule has 0 radical (unpaired) electrons. The molecule has 0 aromatic heterocycles. The Morgan fingerprint density at radius 3 is 2.32 bits per heavy atom. The molecule has 2 atom stereocenters. The third-order valence-electron chi connectivity index (χ3n) is 3.04. The fraction of sp³-hybridized carbons (Fsp3) is 0.800. The lowest BCUT2D eigenvalue weighted by atomic mass is 10.1. The lowest BCUT2D eigenvalue weighted by Gasteiger charge is -2.34. The van der Waals surface area contributed by atoms with Gasteiger partial charge in [-0.05, 0) is 41.5 Å². The molecular weight excluding hydrogens is 286 g/mol. The first kappa shape index (κ1) is 18.4. The molecule has 2 unspecified atom stereocenters. The van der Waals surface area contributed by atoms with Crippen molar-refractivity contribution in [2.75, 3.05) is 14.1 Å². The van der Waals surface area contributed by atoms with Crippen molar-refractivity contribution in [2.45, 2.75) is 65.0 Å². The molecule has 1 aliphatic heterocycles. The maximum absolute atomic E-state index is 12.5. The summed E-state index contributed by atoms with van der Waals surface area (Å²) in [4.78, 5) is 31.7. The summed E-state index contributed by atoms with van der Waals surface area (Å²) in [6.07, 6.45) is 0.364. The van der Waals surface area contributed by atoms with Crippen LogP contribution < -0.4 is 0 Å². The number of amides is 2. The van der Waals surface area contributed by atoms with Gasteiger partial charge in [0, 0.05) is 14.1 Å². The molecule has 7 heteroatoms. The van der Waals surface area contributed by atoms with E-state index in [2.05, 4.69) is 4.99 Å². The van der Waals surface area contributed by atoms with Crippen LogP contribution in [0.5, 0.6) is 0 Å². The fourth-order valence-electron chi connectivity index (χ4n) is 2.33. The van der Waals surface area contributed by atoms with Crippen molar-refractivity contribution in [1.29, 1.82) is 0 Å². The molecule has 1 rings (SSSR count). The first-order valence-corrected chi connectivity index (χ1v) is 7.30. The minimum absolute atomic E-state index is 0.433. The molecule has 22 heavy (non-hydrogen) atoms. The highest BCUT2D eigenvalue weighted by Gasteiger charge is 2.52. The van der Waals surface area contributed by atoms with E-state index in [1.807, 2.05) is 0 Å². The van der Waals surface area contributed by atoms with Gasteiger partial charge in [0.2, 0.25) is 0 Å². The number of carbonyl (C=O) groups excluding carboxylic acids is 2. The number of hydrogen-bond donors (Lipinski definition) is 0. The molecule has 1 heterocycles. The second-order valence-electron chi connectivity index (χ2n) is 7.11. The molecular formula is C15H27N3O4. The Labute approximate surface area is 132 Å². The topological polar surface area (TPSA) is 71.4 Å². The Morgan fingerprint density at radius 1 is 1.32 bits per heavy atom. The summed E-state index contributed by atoms with van der Waals surface area (Å²) in [6, 6.07) is -0.805. The van der Waals surface area contributed by atoms with E-state index in [1.165, 1.54) is 11.2 Å². The van der Waals surface area contributed by atoms with Gasteiger partial charge in [0.1, 0.15) is 17.4 Å². The van der Waals surface area contributed by atoms with Gasteiger partial charge in [-0.15, -0.1) is 0 Å². The summed E-state index contributed by atoms with van der Waals surface area (Å²) in [5, 5.41) is 0. The molecule has 0 bridgehead atoms. The van der Waals surface area contributed by atoms with Gasteiger partial charge >= 0.3 is 6.09 Å². The zero-order valence-corrected chi connectivity index (χ0v) is 14.7. The Bertz CT molecular complexity index is 466. The summed E-state index contributed by atoms with van der Waals surface area (Å²) < 4.78 is 11.2. The first-order chi connectivity index (χ1) is 9.85. The van der Waals surface area contributed by atoms with Crippen LogP contribution in [0, 0.1) is 0 Å². The van der Waals surface area contributed by atoms with Gasteiger partial charge < -0.3 is 14.4 Å². The van der Waals surface area contributed by atoms with Crippen LogP contribution in [-0.4, -0.2) is 65.7 Å². The minimum Gasteiger partial charge on any atom is -0.444 e. The van der Waals surface area contributed by atoms with Crippen molar-refractivity contribution in [1.82, 2.24) is 9.80 Å². The van der Waals surface area contributed by atoms with E-state index in [-0.39, 0.29) is 0 Å². The molecule has 1 fully saturated rings. The molecule has 1 aliphatic rings. The van der Waals surface area contributed by atoms with Crippen molar-refractivity contribution >= 4 is 18.3 Å². The van der Waals surface area contributed by atoms with Crippen LogP contribution in [0.15, 0.2) is 4.99 Å². The van der Waals surface area contributed by atoms with Crippen molar-refractivity contribution in [3.05, 3.63) is 0 Å². The van der Waals surface area contributed by atoms with E-state index in [0.29, 0.717) is 0 Å². The SMILES string of the molecule is CC1OC(C)(C)N(C(=O)OC(C)(C)C)C1C(=O)N=CN(C)C. The normalized spacial score (nSPS) is 24.6. The Balaban J connectivity index is 3.07. The van der Waals surface area contributed by atoms with E-state index in [9.17, 15) is 9.59 Å². The van der Waals surface area contributed by atoms with Crippen molar-refractivity contribution in [2.24, 2.45) is 4.99 Å². The highest BCUT2D eigenvalue weighted by molar-refractivity contribution is 5.92. The smallest absolute Gasteiger partial charge is 0.413 e. The lowest BCUT2D eigenvalue weighted by Crippen LogP contribution is -2.52. The molecule has 0 aromatic carbocycles. The number of nitrogens with zero attached hydrogens (tertiary/aromatic N) is 3. The minimum atomic E-state index is -0.935. The van der Waals surface area contributed by atoms with Gasteiger partial charge in [-0.3, -0.25) is 9.69 Å². The average Bonchev–Trinajstić information content (AvgIpc) is 2.53. The third-order valence-corrected chi connectivity index (χ3v) is 3.04. The van der Waals surface area contributed by atoms with E-state index < -0.39 is 35.5 Å². The van der Waals surface area contributed by atoms with Gasteiger partial charge in [0.05, 0.1) is 12.4 Å². The van der Waals surface area contributed by atoms with Crippen molar-refractivity contribution in [3.63, 3.8) is 0 Å². The van der Waals surface area contributed by atoms with Gasteiger partial charge in [0.15, 0.2) is 0 Å². The molecule has 7 nitrogen and oxygen atoms in total. The summed E-state index contributed by atoms with van der Waals surface area (Å²) in [5.74, 6) is -0.433. The first-order valence-electron chi connectivity index (χ1n) is 7.30. The molecule has 0 aromatic rings. The maximum atomic E-state index is 12.5. The predicted octanol–water partition coefficient (Wildman–Crippen LogP) is 1.86. The number of ether oxygens (including phenoxy) is 2. The van der Waals surface area contributed by atoms with Crippen LogP contribution in [0.2, 0.25) is 0 Å². The zero-order valence-electron chi connectivity index (χ0n) is 14.7. The summed E-state index contributed by atoms with van der Waals surface area (Å²) in [5.41, 5.74) is -1.59. The standard InChI is InChI=1S/C15H27N3O4/c1-10-11(12(19)16-9-17(7)8)18(15(5,6)21-10)13(20)22-14(2,3)4/h9-11H,1-8H3. The molecule has 1 saturated heterocycles. The lowest BCUT2D eigenvalue weighted by molar-refractivity contribution is -0.123. The molecule has 0 aliphatic carbocycles. The van der Waals surface area contributed by atoms with Gasteiger partial charge in [0.25, 0.3) is 5.91 Å². The van der Waals surface area contributed by atoms with E-state index in [4.69, 9.17) is 9.47 Å². The van der Waals surface area contributed by atoms with E-state index >= 15 is 0 Å². The number of hydrogen-bond acceptors (Lipinski definition) is 4. The van der Waals surface area contributed by atoms with Crippen LogP contribution in [-0.2, 0) is 14.3 Å². The quantitative estimate of drug-likeness (QED) is 0.575. The van der Waals surface area contributed by atoms with Gasteiger partial charge in [-0.1, -0.05) is 0 Å². The van der Waals surface area contributed by atoms with Crippen LogP contribution in [0.1, 0.15) is 41.5 Å². The van der Waals surface area contributed by atoms with Crippen LogP contribution in [0.4, 0.5) is 4.79 Å². The summed E-state index contributed by atoms with van der Waals surface area (Å²) in [7, 11) is 3.53. The molecule has 126 valence electrons.